The number of fused-ring (bicyclic) bond motifs is 3. The first-order chi connectivity index (χ1) is 23.9. The standard InChI is InChI=1S/C46H41OP.Os/c1-6-17-34-24-26-41-42-27-25-36(30-45(42)46(4,5)44(41)28-34)43(29-37-32-47-31-35(37)7-2)33(3)48(38-18-11-8-12-19-38,39-20-13-9-14-21-39)40-22-15-10-16-23-40;/h6-30H,31-32H2,1-2,4-5H3;/q+1;/b17-6+,35-7?,37-29?,43-33?;. The van der Waals surface area contributed by atoms with Crippen molar-refractivity contribution in [1.82, 2.24) is 0 Å². The van der Waals surface area contributed by atoms with Crippen LogP contribution in [0.1, 0.15) is 49.9 Å². The van der Waals surface area contributed by atoms with Crippen LogP contribution >= 0.6 is 7.26 Å². The molecule has 0 unspecified atom stereocenters. The summed E-state index contributed by atoms with van der Waals surface area (Å²) in [6.45, 7) is 10.2. The number of ether oxygens (including phenoxy) is 1. The molecule has 1 aliphatic carbocycles. The van der Waals surface area contributed by atoms with Crippen molar-refractivity contribution >= 4 is 34.8 Å². The van der Waals surface area contributed by atoms with Gasteiger partial charge in [-0.15, -0.1) is 0 Å². The quantitative estimate of drug-likeness (QED) is 0.149. The molecule has 243 valence electrons. The first-order valence-electron chi connectivity index (χ1n) is 17.0. The minimum atomic E-state index is -2.43. The first kappa shape index (κ1) is 33.4. The zero-order valence-corrected chi connectivity index (χ0v) is 32.0. The Labute approximate surface area is 302 Å². The van der Waals surface area contributed by atoms with E-state index in [1.54, 1.807) is 0 Å². The zero-order valence-electron chi connectivity index (χ0n) is 28.6. The second-order valence-electron chi connectivity index (χ2n) is 13.2. The summed E-state index contributed by atoms with van der Waals surface area (Å²) in [5.74, 6) is 0. The van der Waals surface area contributed by atoms with Crippen LogP contribution in [0.15, 0.2) is 162 Å². The van der Waals surface area contributed by atoms with Crippen molar-refractivity contribution in [2.45, 2.75) is 33.1 Å². The average Bonchev–Trinajstić information content (AvgIpc) is 3.69. The van der Waals surface area contributed by atoms with E-state index in [0.717, 1.165) is 0 Å². The molecule has 0 atom stereocenters. The fourth-order valence-corrected chi connectivity index (χ4v) is 13.4. The molecule has 49 heavy (non-hydrogen) atoms. The Hall–Kier alpha value is -4.13. The van der Waals surface area contributed by atoms with Gasteiger partial charge in [0.05, 0.1) is 0 Å². The molecular formula is C46H41OOsP+. The van der Waals surface area contributed by atoms with E-state index in [9.17, 15) is 0 Å². The van der Waals surface area contributed by atoms with Crippen LogP contribution in [0, 0.1) is 4.37 Å². The number of rotatable bonds is 7. The van der Waals surface area contributed by atoms with Crippen molar-refractivity contribution in [1.29, 1.82) is 0 Å². The molecule has 1 saturated heterocycles. The molecule has 0 saturated carbocycles. The second kappa shape index (κ2) is 14.0. The summed E-state index contributed by atoms with van der Waals surface area (Å²) in [5.41, 5.74) is 11.4. The molecule has 0 bridgehead atoms. The normalized spacial score (nSPS) is 17.2. The molecule has 5 aromatic rings. The Morgan fingerprint density at radius 3 is 1.76 bits per heavy atom. The van der Waals surface area contributed by atoms with Gasteiger partial charge in [-0.25, -0.2) is 0 Å². The Morgan fingerprint density at radius 1 is 0.694 bits per heavy atom. The summed E-state index contributed by atoms with van der Waals surface area (Å²) in [5, 5.41) is 5.19. The monoisotopic (exact) mass is 832 g/mol. The minimum absolute atomic E-state index is 0.145. The Bertz CT molecular complexity index is 2080. The van der Waals surface area contributed by atoms with Gasteiger partial charge in [-0.05, 0) is 6.92 Å². The van der Waals surface area contributed by atoms with Crippen molar-refractivity contribution in [3.63, 3.8) is 0 Å². The summed E-state index contributed by atoms with van der Waals surface area (Å²) in [7, 11) is -2.43. The third kappa shape index (κ3) is 5.83. The van der Waals surface area contributed by atoms with Crippen LogP contribution in [0.2, 0.25) is 0 Å². The van der Waals surface area contributed by atoms with Crippen molar-refractivity contribution in [2.24, 2.45) is 0 Å². The fourth-order valence-electron chi connectivity index (χ4n) is 7.62. The van der Waals surface area contributed by atoms with Crippen molar-refractivity contribution < 1.29 is 22.7 Å². The van der Waals surface area contributed by atoms with Crippen LogP contribution < -0.4 is 15.9 Å². The van der Waals surface area contributed by atoms with Gasteiger partial charge in [0.15, 0.2) is 0 Å². The predicted octanol–water partition coefficient (Wildman–Crippen LogP) is 10.1. The van der Waals surface area contributed by atoms with Crippen molar-refractivity contribution in [2.75, 3.05) is 13.2 Å². The molecule has 1 heterocycles. The van der Waals surface area contributed by atoms with Crippen LogP contribution in [-0.4, -0.2) is 13.2 Å². The molecule has 3 heteroatoms. The van der Waals surface area contributed by atoms with E-state index in [-0.39, 0.29) is 5.41 Å². The predicted molar refractivity (Wildman–Crippen MR) is 207 cm³/mol. The molecular weight excluding hydrogens is 790 g/mol. The van der Waals surface area contributed by atoms with Gasteiger partial charge >= 0.3 is 297 Å². The Kier molecular flexibility index (Phi) is 9.54. The maximum absolute atomic E-state index is 6.06. The van der Waals surface area contributed by atoms with Gasteiger partial charge in [0.25, 0.3) is 0 Å². The van der Waals surface area contributed by atoms with Crippen molar-refractivity contribution in [3.05, 3.63) is 184 Å². The summed E-state index contributed by atoms with van der Waals surface area (Å²) in [6.07, 6.45) is 8.94. The van der Waals surface area contributed by atoms with Gasteiger partial charge < -0.3 is 0 Å². The first-order valence-corrected chi connectivity index (χ1v) is 20.0. The van der Waals surface area contributed by atoms with Crippen LogP contribution in [0.5, 0.6) is 0 Å². The third-order valence-electron chi connectivity index (χ3n) is 10.1. The molecule has 5 aromatic carbocycles. The van der Waals surface area contributed by atoms with E-state index in [1.165, 1.54) is 71.3 Å². The number of benzene rings is 5. The van der Waals surface area contributed by atoms with E-state index < -0.39 is 7.26 Å². The SMILES string of the molecule is CC=C1COCC1=CC(=C([C]#[Os])[P+](c1ccccc1)(c1ccccc1)c1ccccc1)c1ccc2c(c1)C(C)(C)c1cc(/C=C/C)ccc1-2. The van der Waals surface area contributed by atoms with Crippen molar-refractivity contribution in [3.8, 4) is 15.5 Å². The molecule has 2 aliphatic rings. The van der Waals surface area contributed by atoms with Crippen LogP contribution in [0.3, 0.4) is 0 Å². The molecule has 1 nitrogen and oxygen atoms in total. The number of hydrogen-bond donors (Lipinski definition) is 0. The summed E-state index contributed by atoms with van der Waals surface area (Å²) in [6, 6.07) is 47.5. The maximum atomic E-state index is 6.06. The Morgan fingerprint density at radius 2 is 1.22 bits per heavy atom. The third-order valence-corrected chi connectivity index (χ3v) is 15.4. The summed E-state index contributed by atoms with van der Waals surface area (Å²) in [4.78, 5) is 0. The molecule has 0 radical (unpaired) electrons. The van der Waals surface area contributed by atoms with Gasteiger partial charge in [-0.3, -0.25) is 0 Å². The molecule has 0 spiro atoms. The summed E-state index contributed by atoms with van der Waals surface area (Å²) < 4.78 is 9.97. The van der Waals surface area contributed by atoms with E-state index in [2.05, 4.69) is 184 Å². The van der Waals surface area contributed by atoms with E-state index in [0.29, 0.717) is 13.2 Å². The Balaban J connectivity index is 1.59. The van der Waals surface area contributed by atoms with Crippen LogP contribution in [-0.2, 0) is 28.1 Å². The second-order valence-corrected chi connectivity index (χ2v) is 17.2. The zero-order chi connectivity index (χ0) is 34.0. The van der Waals surface area contributed by atoms with Crippen LogP contribution in [0.4, 0.5) is 0 Å². The van der Waals surface area contributed by atoms with Gasteiger partial charge in [0.2, 0.25) is 0 Å². The van der Waals surface area contributed by atoms with E-state index in [4.69, 9.17) is 4.74 Å². The number of hydrogen-bond acceptors (Lipinski definition) is 1. The van der Waals surface area contributed by atoms with Gasteiger partial charge in [0.1, 0.15) is 0 Å². The van der Waals surface area contributed by atoms with Gasteiger partial charge in [-0.2, -0.15) is 0 Å². The van der Waals surface area contributed by atoms with Gasteiger partial charge in [0, 0.05) is 0 Å². The topological polar surface area (TPSA) is 9.23 Å². The number of allylic oxidation sites excluding steroid dienone is 5. The summed E-state index contributed by atoms with van der Waals surface area (Å²) >= 11 is 1.84. The van der Waals surface area contributed by atoms with Gasteiger partial charge in [-0.1, -0.05) is 0 Å². The van der Waals surface area contributed by atoms with E-state index >= 15 is 0 Å². The molecule has 0 aromatic heterocycles. The van der Waals surface area contributed by atoms with E-state index in [1.807, 2.05) is 17.9 Å². The fraction of sp³-hybridized carbons (Fsp3) is 0.152. The molecule has 1 fully saturated rings. The average molecular weight is 831 g/mol. The van der Waals surface area contributed by atoms with Crippen LogP contribution in [0.25, 0.3) is 22.8 Å². The molecule has 0 amide bonds. The molecule has 7 rings (SSSR count). The molecule has 1 aliphatic heterocycles. The molecule has 0 N–H and O–H groups in total.